The molecule has 6 heteroatoms. The van der Waals surface area contributed by atoms with Crippen molar-refractivity contribution in [1.82, 2.24) is 10.2 Å². The lowest BCUT2D eigenvalue weighted by Crippen LogP contribution is -2.52. The van der Waals surface area contributed by atoms with Gasteiger partial charge in [-0.3, -0.25) is 4.79 Å². The predicted molar refractivity (Wildman–Crippen MR) is 61.7 cm³/mol. The SMILES string of the molecule is CC(CC(=O)O)NC(=O)N(CCO)C1CCC1. The molecule has 0 heterocycles. The van der Waals surface area contributed by atoms with E-state index >= 15 is 0 Å². The molecule has 6 nitrogen and oxygen atoms in total. The second kappa shape index (κ2) is 6.44. The molecule has 98 valence electrons. The molecule has 1 atom stereocenters. The molecule has 1 unspecified atom stereocenters. The zero-order chi connectivity index (χ0) is 12.8. The van der Waals surface area contributed by atoms with E-state index in [0.29, 0.717) is 6.54 Å². The fourth-order valence-corrected chi connectivity index (χ4v) is 1.86. The van der Waals surface area contributed by atoms with Crippen LogP contribution in [0.15, 0.2) is 0 Å². The van der Waals surface area contributed by atoms with Crippen LogP contribution in [-0.2, 0) is 4.79 Å². The molecule has 17 heavy (non-hydrogen) atoms. The molecule has 0 bridgehead atoms. The highest BCUT2D eigenvalue weighted by atomic mass is 16.4. The van der Waals surface area contributed by atoms with Gasteiger partial charge in [0.1, 0.15) is 0 Å². The number of carbonyl (C=O) groups is 2. The maximum absolute atomic E-state index is 11.9. The van der Waals surface area contributed by atoms with Crippen molar-refractivity contribution in [3.05, 3.63) is 0 Å². The number of aliphatic hydroxyl groups is 1. The molecule has 1 saturated carbocycles. The van der Waals surface area contributed by atoms with Gasteiger partial charge in [0.2, 0.25) is 0 Å². The minimum atomic E-state index is -0.935. The van der Waals surface area contributed by atoms with Crippen LogP contribution in [0.1, 0.15) is 32.6 Å². The Kier molecular flexibility index (Phi) is 5.21. The van der Waals surface area contributed by atoms with E-state index in [0.717, 1.165) is 19.3 Å². The first kappa shape index (κ1) is 13.8. The van der Waals surface area contributed by atoms with Gasteiger partial charge in [-0.2, -0.15) is 0 Å². The van der Waals surface area contributed by atoms with Crippen molar-refractivity contribution in [2.75, 3.05) is 13.2 Å². The number of amides is 2. The van der Waals surface area contributed by atoms with E-state index in [1.54, 1.807) is 11.8 Å². The summed E-state index contributed by atoms with van der Waals surface area (Å²) in [5.41, 5.74) is 0. The summed E-state index contributed by atoms with van der Waals surface area (Å²) in [6.45, 7) is 1.89. The molecule has 0 aromatic rings. The standard InChI is InChI=1S/C11H20N2O4/c1-8(7-10(15)16)12-11(17)13(5-6-14)9-3-2-4-9/h8-9,14H,2-7H2,1H3,(H,12,17)(H,15,16). The fourth-order valence-electron chi connectivity index (χ4n) is 1.86. The fraction of sp³-hybridized carbons (Fsp3) is 0.818. The molecule has 0 aliphatic heterocycles. The van der Waals surface area contributed by atoms with Crippen molar-refractivity contribution in [1.29, 1.82) is 0 Å². The Bertz CT molecular complexity index is 279. The monoisotopic (exact) mass is 244 g/mol. The Morgan fingerprint density at radius 2 is 2.12 bits per heavy atom. The summed E-state index contributed by atoms with van der Waals surface area (Å²) in [7, 11) is 0. The summed E-state index contributed by atoms with van der Waals surface area (Å²) >= 11 is 0. The molecule has 0 radical (unpaired) electrons. The van der Waals surface area contributed by atoms with Crippen LogP contribution in [0.2, 0.25) is 0 Å². The number of urea groups is 1. The summed E-state index contributed by atoms with van der Waals surface area (Å²) in [5, 5.41) is 20.2. The summed E-state index contributed by atoms with van der Waals surface area (Å²) < 4.78 is 0. The first-order valence-electron chi connectivity index (χ1n) is 5.94. The lowest BCUT2D eigenvalue weighted by molar-refractivity contribution is -0.137. The van der Waals surface area contributed by atoms with Crippen molar-refractivity contribution in [3.63, 3.8) is 0 Å². The first-order valence-corrected chi connectivity index (χ1v) is 5.94. The third kappa shape index (κ3) is 4.22. The number of aliphatic carboxylic acids is 1. The topological polar surface area (TPSA) is 89.9 Å². The van der Waals surface area contributed by atoms with Crippen LogP contribution in [-0.4, -0.2) is 52.3 Å². The highest BCUT2D eigenvalue weighted by molar-refractivity contribution is 5.76. The van der Waals surface area contributed by atoms with E-state index in [9.17, 15) is 9.59 Å². The van der Waals surface area contributed by atoms with Gasteiger partial charge in [-0.1, -0.05) is 0 Å². The number of hydrogen-bond donors (Lipinski definition) is 3. The van der Waals surface area contributed by atoms with Crippen molar-refractivity contribution in [2.24, 2.45) is 0 Å². The molecule has 1 aliphatic carbocycles. The van der Waals surface area contributed by atoms with Crippen molar-refractivity contribution < 1.29 is 19.8 Å². The maximum atomic E-state index is 11.9. The van der Waals surface area contributed by atoms with Gasteiger partial charge in [0.05, 0.1) is 13.0 Å². The quantitative estimate of drug-likeness (QED) is 0.631. The lowest BCUT2D eigenvalue weighted by Gasteiger charge is -2.37. The van der Waals surface area contributed by atoms with E-state index in [2.05, 4.69) is 5.32 Å². The van der Waals surface area contributed by atoms with E-state index < -0.39 is 12.0 Å². The zero-order valence-electron chi connectivity index (χ0n) is 10.1. The number of nitrogens with one attached hydrogen (secondary N) is 1. The summed E-state index contributed by atoms with van der Waals surface area (Å²) in [4.78, 5) is 24.0. The Balaban J connectivity index is 2.43. The molecule has 1 aliphatic rings. The second-order valence-corrected chi connectivity index (χ2v) is 4.45. The van der Waals surface area contributed by atoms with Gasteiger partial charge in [-0.25, -0.2) is 4.79 Å². The first-order chi connectivity index (χ1) is 8.04. The van der Waals surface area contributed by atoms with Crippen LogP contribution in [0.3, 0.4) is 0 Å². The number of hydrogen-bond acceptors (Lipinski definition) is 3. The molecule has 0 aromatic carbocycles. The van der Waals surface area contributed by atoms with Gasteiger partial charge >= 0.3 is 12.0 Å². The average molecular weight is 244 g/mol. The van der Waals surface area contributed by atoms with Crippen molar-refractivity contribution in [3.8, 4) is 0 Å². The predicted octanol–water partition coefficient (Wildman–Crippen LogP) is 0.406. The lowest BCUT2D eigenvalue weighted by atomic mass is 9.91. The third-order valence-electron chi connectivity index (χ3n) is 2.97. The van der Waals surface area contributed by atoms with Crippen LogP contribution in [0, 0.1) is 0 Å². The molecule has 1 rings (SSSR count). The highest BCUT2D eigenvalue weighted by Crippen LogP contribution is 2.24. The molecule has 0 aromatic heterocycles. The van der Waals surface area contributed by atoms with Crippen LogP contribution < -0.4 is 5.32 Å². The third-order valence-corrected chi connectivity index (χ3v) is 2.97. The van der Waals surface area contributed by atoms with Gasteiger partial charge in [-0.15, -0.1) is 0 Å². The van der Waals surface area contributed by atoms with Crippen molar-refractivity contribution >= 4 is 12.0 Å². The largest absolute Gasteiger partial charge is 0.481 e. The minimum Gasteiger partial charge on any atom is -0.481 e. The summed E-state index contributed by atoms with van der Waals surface area (Å²) in [6.07, 6.45) is 2.93. The number of rotatable bonds is 6. The molecule has 3 N–H and O–H groups in total. The molecule has 0 saturated heterocycles. The van der Waals surface area contributed by atoms with Gasteiger partial charge in [0, 0.05) is 18.6 Å². The van der Waals surface area contributed by atoms with E-state index in [1.165, 1.54) is 0 Å². The maximum Gasteiger partial charge on any atom is 0.317 e. The Morgan fingerprint density at radius 1 is 1.47 bits per heavy atom. The van der Waals surface area contributed by atoms with E-state index in [4.69, 9.17) is 10.2 Å². The molecule has 2 amide bonds. The molecule has 1 fully saturated rings. The summed E-state index contributed by atoms with van der Waals surface area (Å²) in [6, 6.07) is -0.488. The van der Waals surface area contributed by atoms with Gasteiger partial charge in [0.25, 0.3) is 0 Å². The number of aliphatic hydroxyl groups excluding tert-OH is 1. The zero-order valence-corrected chi connectivity index (χ0v) is 10.1. The molecule has 0 spiro atoms. The molecular weight excluding hydrogens is 224 g/mol. The van der Waals surface area contributed by atoms with Gasteiger partial charge in [-0.05, 0) is 26.2 Å². The number of nitrogens with zero attached hydrogens (tertiary/aromatic N) is 1. The van der Waals surface area contributed by atoms with Crippen LogP contribution in [0.25, 0.3) is 0 Å². The van der Waals surface area contributed by atoms with E-state index in [1.807, 2.05) is 0 Å². The highest BCUT2D eigenvalue weighted by Gasteiger charge is 2.28. The van der Waals surface area contributed by atoms with Crippen LogP contribution in [0.4, 0.5) is 4.79 Å². The average Bonchev–Trinajstić information content (AvgIpc) is 2.12. The number of carboxylic acid groups (broad SMARTS) is 1. The summed E-state index contributed by atoms with van der Waals surface area (Å²) in [5.74, 6) is -0.935. The molecular formula is C11H20N2O4. The Hall–Kier alpha value is -1.30. The van der Waals surface area contributed by atoms with Crippen LogP contribution >= 0.6 is 0 Å². The van der Waals surface area contributed by atoms with Crippen LogP contribution in [0.5, 0.6) is 0 Å². The normalized spacial score (nSPS) is 17.1. The number of carboxylic acids is 1. The smallest absolute Gasteiger partial charge is 0.317 e. The second-order valence-electron chi connectivity index (χ2n) is 4.45. The van der Waals surface area contributed by atoms with Gasteiger partial charge in [0.15, 0.2) is 0 Å². The Morgan fingerprint density at radius 3 is 2.53 bits per heavy atom. The van der Waals surface area contributed by atoms with E-state index in [-0.39, 0.29) is 25.1 Å². The van der Waals surface area contributed by atoms with Crippen molar-refractivity contribution in [2.45, 2.75) is 44.7 Å². The number of carbonyl (C=O) groups excluding carboxylic acids is 1. The Labute approximate surface area is 101 Å². The van der Waals surface area contributed by atoms with Gasteiger partial charge < -0.3 is 20.4 Å². The minimum absolute atomic E-state index is 0.0722.